The molecule has 4 rings (SSSR count). The highest BCUT2D eigenvalue weighted by atomic mass is 79.9. The minimum absolute atomic E-state index is 0.0257. The first-order valence-corrected chi connectivity index (χ1v) is 18.7. The molecule has 9 nitrogen and oxygen atoms in total. The molecule has 0 unspecified atom stereocenters. The Bertz CT molecular complexity index is 1330. The molecular formula is C38H57BrN4O5. The molecule has 0 bridgehead atoms. The zero-order chi connectivity index (χ0) is 35.1. The maximum atomic E-state index is 13.3. The Morgan fingerprint density at radius 3 is 2.17 bits per heavy atom. The van der Waals surface area contributed by atoms with E-state index in [2.05, 4.69) is 64.1 Å². The van der Waals surface area contributed by atoms with Crippen LogP contribution in [0, 0.1) is 25.0 Å². The van der Waals surface area contributed by atoms with E-state index in [1.807, 2.05) is 18.7 Å². The van der Waals surface area contributed by atoms with E-state index in [1.54, 1.807) is 13.0 Å². The minimum atomic E-state index is -0.663. The first kappa shape index (κ1) is 39.5. The SMILES string of the molecule is CCCCCCCCCC(=O)O.CCO/N=C(/c1ccc(Br)cc1)C1CCN(C2(C)CCN(C(=O)c3c(C)cc[n+]([O-])c3C)CC2)CC1. The quantitative estimate of drug-likeness (QED) is 0.0693. The number of piperidine rings is 2. The lowest BCUT2D eigenvalue weighted by Gasteiger charge is -2.49. The van der Waals surface area contributed by atoms with Crippen molar-refractivity contribution < 1.29 is 24.3 Å². The maximum Gasteiger partial charge on any atom is 0.303 e. The molecule has 0 atom stereocenters. The summed E-state index contributed by atoms with van der Waals surface area (Å²) in [6.07, 6.45) is 14.0. The lowest BCUT2D eigenvalue weighted by molar-refractivity contribution is -0.612. The molecule has 0 aliphatic carbocycles. The average molecular weight is 730 g/mol. The van der Waals surface area contributed by atoms with Crippen LogP contribution in [0.15, 0.2) is 46.2 Å². The van der Waals surface area contributed by atoms with Crippen molar-refractivity contribution in [3.05, 3.63) is 68.6 Å². The standard InChI is InChI=1S/C28H37BrN4O3.C10H20O2/c1-5-36-30-26(22-6-8-24(29)9-7-22)23-11-15-32(16-12-23)28(4)13-18-31(19-14-28)27(34)25-20(2)10-17-33(35)21(25)3;1-2-3-4-5-6-7-8-9-10(11)12/h6-10,17,23H,5,11-16,18-19H2,1-4H3;2-9H2,1H3,(H,11,12)/b30-26-;. The molecule has 1 N–H and O–H groups in total. The van der Waals surface area contributed by atoms with Crippen LogP contribution in [0.3, 0.4) is 0 Å². The summed E-state index contributed by atoms with van der Waals surface area (Å²) in [6, 6.07) is 10.0. The second-order valence-corrected chi connectivity index (χ2v) is 14.4. The zero-order valence-electron chi connectivity index (χ0n) is 29.8. The first-order chi connectivity index (χ1) is 23.0. The van der Waals surface area contributed by atoms with Crippen molar-refractivity contribution in [2.45, 2.75) is 117 Å². The third kappa shape index (κ3) is 11.6. The molecule has 3 heterocycles. The number of aryl methyl sites for hydroxylation is 1. The van der Waals surface area contributed by atoms with Gasteiger partial charge in [0.15, 0.2) is 6.20 Å². The topological polar surface area (TPSA) is 109 Å². The third-order valence-corrected chi connectivity index (χ3v) is 10.5. The van der Waals surface area contributed by atoms with E-state index >= 15 is 0 Å². The van der Waals surface area contributed by atoms with E-state index in [9.17, 15) is 14.8 Å². The summed E-state index contributed by atoms with van der Waals surface area (Å²) in [7, 11) is 0. The molecule has 1 aromatic carbocycles. The van der Waals surface area contributed by atoms with Crippen molar-refractivity contribution in [2.75, 3.05) is 32.8 Å². The maximum absolute atomic E-state index is 13.3. The number of aromatic nitrogens is 1. The van der Waals surface area contributed by atoms with Gasteiger partial charge in [-0.05, 0) is 89.2 Å². The average Bonchev–Trinajstić information content (AvgIpc) is 3.08. The van der Waals surface area contributed by atoms with Crippen LogP contribution in [0.5, 0.6) is 0 Å². The van der Waals surface area contributed by atoms with Crippen LogP contribution in [0.4, 0.5) is 0 Å². The number of carbonyl (C=O) groups is 2. The van der Waals surface area contributed by atoms with Crippen LogP contribution in [-0.4, -0.2) is 70.8 Å². The predicted octanol–water partition coefficient (Wildman–Crippen LogP) is 8.06. The molecule has 1 amide bonds. The number of hydrogen-bond acceptors (Lipinski definition) is 6. The summed E-state index contributed by atoms with van der Waals surface area (Å²) in [5.41, 5.74) is 4.11. The Kier molecular flexibility index (Phi) is 16.3. The van der Waals surface area contributed by atoms with E-state index in [-0.39, 0.29) is 11.4 Å². The van der Waals surface area contributed by atoms with Crippen LogP contribution >= 0.6 is 15.9 Å². The number of oxime groups is 1. The molecule has 0 saturated carbocycles. The monoisotopic (exact) mass is 728 g/mol. The summed E-state index contributed by atoms with van der Waals surface area (Å²) < 4.78 is 1.84. The largest absolute Gasteiger partial charge is 0.618 e. The molecular weight excluding hydrogens is 672 g/mol. The van der Waals surface area contributed by atoms with E-state index in [0.717, 1.165) is 77.7 Å². The van der Waals surface area contributed by atoms with Crippen LogP contribution in [0.1, 0.15) is 125 Å². The number of carboxylic acid groups (broad SMARTS) is 1. The summed E-state index contributed by atoms with van der Waals surface area (Å²) in [4.78, 5) is 33.4. The van der Waals surface area contributed by atoms with Crippen molar-refractivity contribution in [1.82, 2.24) is 9.80 Å². The number of rotatable bonds is 14. The summed E-state index contributed by atoms with van der Waals surface area (Å²) >= 11 is 3.52. The van der Waals surface area contributed by atoms with Gasteiger partial charge < -0.3 is 20.1 Å². The molecule has 266 valence electrons. The van der Waals surface area contributed by atoms with Crippen molar-refractivity contribution in [3.63, 3.8) is 0 Å². The first-order valence-electron chi connectivity index (χ1n) is 17.9. The van der Waals surface area contributed by atoms with Crippen molar-refractivity contribution in [3.8, 4) is 0 Å². The highest BCUT2D eigenvalue weighted by Gasteiger charge is 2.40. The number of unbranched alkanes of at least 4 members (excludes halogenated alkanes) is 6. The fourth-order valence-electron chi connectivity index (χ4n) is 6.80. The molecule has 0 spiro atoms. The van der Waals surface area contributed by atoms with Crippen LogP contribution < -0.4 is 4.73 Å². The van der Waals surface area contributed by atoms with Gasteiger partial charge >= 0.3 is 5.97 Å². The van der Waals surface area contributed by atoms with E-state index in [0.29, 0.717) is 43.3 Å². The van der Waals surface area contributed by atoms with Crippen LogP contribution in [-0.2, 0) is 9.63 Å². The van der Waals surface area contributed by atoms with Crippen molar-refractivity contribution in [2.24, 2.45) is 11.1 Å². The number of aliphatic carboxylic acids is 1. The number of likely N-dealkylation sites (tertiary alicyclic amines) is 2. The minimum Gasteiger partial charge on any atom is -0.618 e. The second kappa shape index (κ2) is 19.9. The van der Waals surface area contributed by atoms with E-state index in [1.165, 1.54) is 38.3 Å². The zero-order valence-corrected chi connectivity index (χ0v) is 31.4. The Labute approximate surface area is 296 Å². The lowest BCUT2D eigenvalue weighted by atomic mass is 9.82. The summed E-state index contributed by atoms with van der Waals surface area (Å²) in [6.45, 7) is 14.1. The molecule has 0 radical (unpaired) electrons. The van der Waals surface area contributed by atoms with Gasteiger partial charge in [-0.1, -0.05) is 78.7 Å². The number of nitrogens with zero attached hydrogens (tertiary/aromatic N) is 4. The van der Waals surface area contributed by atoms with Gasteiger partial charge in [-0.2, -0.15) is 4.73 Å². The summed E-state index contributed by atoms with van der Waals surface area (Å²) in [5.74, 6) is -0.326. The third-order valence-electron chi connectivity index (χ3n) is 9.96. The second-order valence-electron chi connectivity index (χ2n) is 13.5. The molecule has 48 heavy (non-hydrogen) atoms. The van der Waals surface area contributed by atoms with Crippen molar-refractivity contribution >= 4 is 33.5 Å². The molecule has 1 aromatic heterocycles. The highest BCUT2D eigenvalue weighted by molar-refractivity contribution is 9.10. The van der Waals surface area contributed by atoms with Gasteiger partial charge in [-0.15, -0.1) is 0 Å². The number of halogens is 1. The summed E-state index contributed by atoms with van der Waals surface area (Å²) in [5, 5.41) is 24.9. The predicted molar refractivity (Wildman–Crippen MR) is 195 cm³/mol. The van der Waals surface area contributed by atoms with Crippen LogP contribution in [0.2, 0.25) is 0 Å². The highest BCUT2D eigenvalue weighted by Crippen LogP contribution is 2.34. The van der Waals surface area contributed by atoms with Gasteiger partial charge in [0.05, 0.1) is 5.71 Å². The Hall–Kier alpha value is -2.98. The number of pyridine rings is 1. The Morgan fingerprint density at radius 1 is 0.979 bits per heavy atom. The molecule has 2 aliphatic heterocycles. The number of carboxylic acids is 1. The van der Waals surface area contributed by atoms with Crippen LogP contribution in [0.25, 0.3) is 0 Å². The molecule has 2 aliphatic rings. The molecule has 2 saturated heterocycles. The number of benzene rings is 1. The van der Waals surface area contributed by atoms with Gasteiger partial charge in [-0.3, -0.25) is 14.5 Å². The molecule has 10 heteroatoms. The molecule has 2 aromatic rings. The number of amides is 1. The Morgan fingerprint density at radius 2 is 1.58 bits per heavy atom. The fourth-order valence-corrected chi connectivity index (χ4v) is 7.07. The smallest absolute Gasteiger partial charge is 0.303 e. The van der Waals surface area contributed by atoms with Gasteiger partial charge in [0.2, 0.25) is 5.69 Å². The number of hydrogen-bond donors (Lipinski definition) is 1. The Balaban J connectivity index is 0.000000444. The number of carbonyl (C=O) groups excluding carboxylic acids is 1. The molecule has 2 fully saturated rings. The van der Waals surface area contributed by atoms with E-state index < -0.39 is 5.97 Å². The van der Waals surface area contributed by atoms with Gasteiger partial charge in [0, 0.05) is 48.4 Å². The van der Waals surface area contributed by atoms with Gasteiger partial charge in [0.1, 0.15) is 12.2 Å². The lowest BCUT2D eigenvalue weighted by Crippen LogP contribution is -2.57. The van der Waals surface area contributed by atoms with Gasteiger partial charge in [0.25, 0.3) is 5.91 Å². The van der Waals surface area contributed by atoms with E-state index in [4.69, 9.17) is 9.94 Å². The normalized spacial score (nSPS) is 17.0. The fraction of sp³-hybridized carbons (Fsp3) is 0.632. The van der Waals surface area contributed by atoms with Crippen molar-refractivity contribution in [1.29, 1.82) is 0 Å². The van der Waals surface area contributed by atoms with Gasteiger partial charge in [-0.25, -0.2) is 0 Å².